The number of fused-ring (bicyclic) bond motifs is 2. The summed E-state index contributed by atoms with van der Waals surface area (Å²) in [4.78, 5) is 6.09. The Labute approximate surface area is 135 Å². The van der Waals surface area contributed by atoms with Gasteiger partial charge in [-0.15, -0.1) is 10.2 Å². The molecular formula is C13H20BFN5OS. The molecule has 9 heteroatoms. The van der Waals surface area contributed by atoms with Gasteiger partial charge in [-0.05, 0) is 25.5 Å². The molecule has 2 unspecified atom stereocenters. The molecule has 4 atom stereocenters. The summed E-state index contributed by atoms with van der Waals surface area (Å²) in [6.07, 6.45) is 5.10. The molecule has 2 bridgehead atoms. The zero-order valence-electron chi connectivity index (χ0n) is 13.0. The predicted octanol–water partition coefficient (Wildman–Crippen LogP) is 1.57. The van der Waals surface area contributed by atoms with Crippen molar-refractivity contribution in [3.8, 4) is 0 Å². The fourth-order valence-electron chi connectivity index (χ4n) is 3.42. The van der Waals surface area contributed by atoms with E-state index in [0.29, 0.717) is 17.4 Å². The fourth-order valence-corrected chi connectivity index (χ4v) is 3.70. The highest BCUT2D eigenvalue weighted by Crippen LogP contribution is 2.39. The van der Waals surface area contributed by atoms with Crippen LogP contribution in [0.25, 0.3) is 0 Å². The van der Waals surface area contributed by atoms with Crippen LogP contribution in [0.4, 0.5) is 10.2 Å². The van der Waals surface area contributed by atoms with E-state index >= 15 is 0 Å². The van der Waals surface area contributed by atoms with Crippen molar-refractivity contribution in [2.75, 3.05) is 18.2 Å². The smallest absolute Gasteiger partial charge is 0.321 e. The van der Waals surface area contributed by atoms with Crippen LogP contribution in [-0.2, 0) is 4.76 Å². The highest BCUT2D eigenvalue weighted by atomic mass is 32.2. The van der Waals surface area contributed by atoms with Gasteiger partial charge in [-0.25, -0.2) is 9.37 Å². The zero-order chi connectivity index (χ0) is 15.7. The second-order valence-corrected chi connectivity index (χ2v) is 6.43. The number of nitrogens with zero attached hydrogens (tertiary/aromatic N) is 5. The lowest BCUT2D eigenvalue weighted by molar-refractivity contribution is -0.144. The van der Waals surface area contributed by atoms with Crippen molar-refractivity contribution < 1.29 is 9.15 Å². The molecule has 0 saturated carbocycles. The zero-order valence-corrected chi connectivity index (χ0v) is 13.8. The summed E-state index contributed by atoms with van der Waals surface area (Å²) in [6.45, 7) is 1.82. The van der Waals surface area contributed by atoms with Crippen LogP contribution in [0.15, 0.2) is 11.4 Å². The number of thioether (sulfide) groups is 1. The molecule has 1 radical (unpaired) electrons. The lowest BCUT2D eigenvalue weighted by Crippen LogP contribution is -2.57. The summed E-state index contributed by atoms with van der Waals surface area (Å²) in [7, 11) is 3.49. The number of aromatic nitrogens is 3. The first kappa shape index (κ1) is 16.0. The van der Waals surface area contributed by atoms with Gasteiger partial charge in [0.15, 0.2) is 5.82 Å². The van der Waals surface area contributed by atoms with Crippen LogP contribution in [0.2, 0.25) is 6.82 Å². The van der Waals surface area contributed by atoms with Gasteiger partial charge >= 0.3 is 7.48 Å². The Morgan fingerprint density at radius 1 is 1.45 bits per heavy atom. The molecule has 0 aromatic carbocycles. The van der Waals surface area contributed by atoms with E-state index in [9.17, 15) is 4.39 Å². The van der Waals surface area contributed by atoms with Crippen molar-refractivity contribution >= 4 is 25.1 Å². The average molecular weight is 324 g/mol. The van der Waals surface area contributed by atoms with Gasteiger partial charge < -0.3 is 9.65 Å². The Balaban J connectivity index is 1.74. The minimum atomic E-state index is -0.981. The summed E-state index contributed by atoms with van der Waals surface area (Å²) >= 11 is 1.44. The normalized spacial score (nSPS) is 31.3. The van der Waals surface area contributed by atoms with Crippen LogP contribution in [-0.4, -0.2) is 65.3 Å². The largest absolute Gasteiger partial charge is 0.366 e. The summed E-state index contributed by atoms with van der Waals surface area (Å²) in [6, 6.07) is -0.147. The van der Waals surface area contributed by atoms with Crippen molar-refractivity contribution in [3.05, 3.63) is 6.20 Å². The molecule has 3 rings (SSSR count). The van der Waals surface area contributed by atoms with Gasteiger partial charge in [-0.3, -0.25) is 0 Å². The number of piperidine rings is 1. The Morgan fingerprint density at radius 3 is 2.91 bits per heavy atom. The predicted molar refractivity (Wildman–Crippen MR) is 84.7 cm³/mol. The van der Waals surface area contributed by atoms with Crippen LogP contribution >= 0.6 is 11.8 Å². The summed E-state index contributed by atoms with van der Waals surface area (Å²) in [5.74, 6) is 0.612. The van der Waals surface area contributed by atoms with Crippen molar-refractivity contribution in [2.24, 2.45) is 0 Å². The molecule has 0 amide bonds. The fraction of sp³-hybridized carbons (Fsp3) is 0.769. The Kier molecular flexibility index (Phi) is 4.84. The van der Waals surface area contributed by atoms with Gasteiger partial charge in [0, 0.05) is 13.1 Å². The van der Waals surface area contributed by atoms with Crippen molar-refractivity contribution in [3.63, 3.8) is 0 Å². The monoisotopic (exact) mass is 324 g/mol. The molecule has 2 fully saturated rings. The Morgan fingerprint density at radius 2 is 2.27 bits per heavy atom. The first-order valence-corrected chi connectivity index (χ1v) is 8.71. The summed E-state index contributed by atoms with van der Waals surface area (Å²) < 4.78 is 20.5. The van der Waals surface area contributed by atoms with Crippen LogP contribution in [0.1, 0.15) is 19.3 Å². The SMILES string of the molecule is C[B]ON1C2CCC1[C@H](F)[C@H](N(C)c1cnc(SC)nn1)C2. The number of hydrogen-bond acceptors (Lipinski definition) is 7. The second kappa shape index (κ2) is 6.68. The van der Waals surface area contributed by atoms with E-state index < -0.39 is 6.17 Å². The molecule has 2 aliphatic rings. The van der Waals surface area contributed by atoms with Crippen LogP contribution in [0.5, 0.6) is 0 Å². The molecule has 3 heterocycles. The van der Waals surface area contributed by atoms with E-state index in [4.69, 9.17) is 4.76 Å². The molecule has 0 spiro atoms. The van der Waals surface area contributed by atoms with Gasteiger partial charge in [0.05, 0.1) is 18.3 Å². The summed E-state index contributed by atoms with van der Waals surface area (Å²) in [5, 5.41) is 10.6. The molecular weight excluding hydrogens is 304 g/mol. The lowest BCUT2D eigenvalue weighted by atomic mass is 9.95. The third kappa shape index (κ3) is 2.81. The maximum Gasteiger partial charge on any atom is 0.321 e. The standard InChI is InChI=1S/C13H20BFN5OS/c1-14-21-20-8-4-5-9(20)12(15)10(6-8)19(2)11-7-16-13(22-3)18-17-11/h7-10,12H,4-6H2,1-3H3/t8?,9?,10-,12+/m1/s1. The van der Waals surface area contributed by atoms with Crippen LogP contribution < -0.4 is 4.90 Å². The molecule has 0 aliphatic carbocycles. The highest BCUT2D eigenvalue weighted by molar-refractivity contribution is 7.98. The number of anilines is 1. The van der Waals surface area contributed by atoms with E-state index in [2.05, 4.69) is 15.2 Å². The molecule has 1 aromatic rings. The average Bonchev–Trinajstić information content (AvgIpc) is 2.85. The van der Waals surface area contributed by atoms with E-state index in [-0.39, 0.29) is 18.1 Å². The van der Waals surface area contributed by atoms with E-state index in [1.54, 1.807) is 13.7 Å². The number of rotatable bonds is 5. The van der Waals surface area contributed by atoms with Gasteiger partial charge in [0.1, 0.15) is 6.17 Å². The maximum atomic E-state index is 14.9. The molecule has 2 saturated heterocycles. The Hall–Kier alpha value is -0.925. The van der Waals surface area contributed by atoms with Gasteiger partial charge in [-0.2, -0.15) is 5.06 Å². The molecule has 119 valence electrons. The third-order valence-electron chi connectivity index (χ3n) is 4.53. The molecule has 6 nitrogen and oxygen atoms in total. The number of hydroxylamine groups is 2. The van der Waals surface area contributed by atoms with Crippen molar-refractivity contribution in [1.82, 2.24) is 20.2 Å². The van der Waals surface area contributed by atoms with Gasteiger partial charge in [-0.1, -0.05) is 18.6 Å². The van der Waals surface area contributed by atoms with E-state index in [1.165, 1.54) is 11.8 Å². The van der Waals surface area contributed by atoms with Crippen LogP contribution in [0, 0.1) is 0 Å². The number of alkyl halides is 1. The van der Waals surface area contributed by atoms with Crippen molar-refractivity contribution in [2.45, 2.75) is 55.5 Å². The minimum absolute atomic E-state index is 0.186. The molecule has 0 N–H and O–H groups in total. The first-order chi connectivity index (χ1) is 10.7. The lowest BCUT2D eigenvalue weighted by Gasteiger charge is -2.43. The van der Waals surface area contributed by atoms with Gasteiger partial charge in [0.25, 0.3) is 0 Å². The van der Waals surface area contributed by atoms with E-state index in [0.717, 1.165) is 12.8 Å². The maximum absolute atomic E-state index is 14.9. The highest BCUT2D eigenvalue weighted by Gasteiger charge is 2.49. The second-order valence-electron chi connectivity index (χ2n) is 5.66. The number of hydrogen-bond donors (Lipinski definition) is 0. The van der Waals surface area contributed by atoms with Crippen LogP contribution in [0.3, 0.4) is 0 Å². The number of halogens is 1. The molecule has 22 heavy (non-hydrogen) atoms. The van der Waals surface area contributed by atoms with E-state index in [1.807, 2.05) is 30.1 Å². The van der Waals surface area contributed by atoms with Crippen molar-refractivity contribution in [1.29, 1.82) is 0 Å². The van der Waals surface area contributed by atoms with Gasteiger partial charge in [0.2, 0.25) is 5.16 Å². The summed E-state index contributed by atoms with van der Waals surface area (Å²) in [5.41, 5.74) is 0. The topological polar surface area (TPSA) is 54.4 Å². The molecule has 1 aromatic heterocycles. The Bertz CT molecular complexity index is 510. The third-order valence-corrected chi connectivity index (χ3v) is 5.08. The first-order valence-electron chi connectivity index (χ1n) is 7.49. The molecule has 2 aliphatic heterocycles. The quantitative estimate of drug-likeness (QED) is 0.602. The minimum Gasteiger partial charge on any atom is -0.366 e.